The number of aromatic hydroxyl groups is 1. The number of carbonyl (C=O) groups is 1. The van der Waals surface area contributed by atoms with Crippen molar-refractivity contribution in [2.24, 2.45) is 4.99 Å². The van der Waals surface area contributed by atoms with Crippen molar-refractivity contribution in [3.63, 3.8) is 0 Å². The third-order valence-electron chi connectivity index (χ3n) is 4.10. The van der Waals surface area contributed by atoms with E-state index in [9.17, 15) is 15.0 Å². The van der Waals surface area contributed by atoms with E-state index in [1.165, 1.54) is 24.9 Å². The van der Waals surface area contributed by atoms with Gasteiger partial charge in [-0.05, 0) is 55.3 Å². The first kappa shape index (κ1) is 20.5. The molecular weight excluding hydrogens is 390 g/mol. The molecule has 3 rings (SSSR count). The molecule has 0 radical (unpaired) electrons. The second-order valence-electron chi connectivity index (χ2n) is 6.24. The maximum atomic E-state index is 12.5. The molecule has 1 heterocycles. The van der Waals surface area contributed by atoms with Gasteiger partial charge in [0.2, 0.25) is 0 Å². The van der Waals surface area contributed by atoms with Crippen LogP contribution in [-0.4, -0.2) is 34.9 Å². The normalized spacial score (nSPS) is 16.5. The number of carbonyl (C=O) groups excluding carboxylic acids is 1. The number of nitrogens with zero attached hydrogens (tertiary/aromatic N) is 1. The number of phenolic OH excluding ortho intramolecular Hbond substituents is 1. The molecule has 2 aromatic carbocycles. The molecule has 1 aliphatic rings. The summed E-state index contributed by atoms with van der Waals surface area (Å²) in [6, 6.07) is 12.4. The van der Waals surface area contributed by atoms with Crippen LogP contribution < -0.4 is 4.74 Å². The Bertz CT molecular complexity index is 1040. The van der Waals surface area contributed by atoms with Crippen molar-refractivity contribution in [1.82, 2.24) is 0 Å². The predicted octanol–water partition coefficient (Wildman–Crippen LogP) is 4.90. The van der Waals surface area contributed by atoms with E-state index >= 15 is 0 Å². The number of hydrogen-bond donors (Lipinski definition) is 2. The molecule has 0 atom stereocenters. The Morgan fingerprint density at radius 2 is 2.00 bits per heavy atom. The Morgan fingerprint density at radius 3 is 2.69 bits per heavy atom. The van der Waals surface area contributed by atoms with Gasteiger partial charge in [-0.3, -0.25) is 0 Å². The van der Waals surface area contributed by atoms with Crippen molar-refractivity contribution in [1.29, 1.82) is 0 Å². The summed E-state index contributed by atoms with van der Waals surface area (Å²) in [6.45, 7) is 3.84. The molecule has 0 aliphatic carbocycles. The zero-order valence-electron chi connectivity index (χ0n) is 16.3. The topological polar surface area (TPSA) is 88.4 Å². The van der Waals surface area contributed by atoms with E-state index in [1.807, 2.05) is 31.2 Å². The SMILES string of the molecule is CCOC(=O)C1=C(O)C(=Cc2ccc(O)c(OC)c2)SC1=Nc1cccc(C)c1. The molecule has 0 saturated carbocycles. The lowest BCUT2D eigenvalue weighted by atomic mass is 10.1. The maximum Gasteiger partial charge on any atom is 0.344 e. The highest BCUT2D eigenvalue weighted by atomic mass is 32.2. The number of hydrogen-bond acceptors (Lipinski definition) is 7. The zero-order chi connectivity index (χ0) is 21.0. The largest absolute Gasteiger partial charge is 0.506 e. The smallest absolute Gasteiger partial charge is 0.344 e. The average Bonchev–Trinajstić information content (AvgIpc) is 2.98. The fraction of sp³-hybridized carbons (Fsp3) is 0.182. The molecule has 29 heavy (non-hydrogen) atoms. The summed E-state index contributed by atoms with van der Waals surface area (Å²) in [5, 5.41) is 20.8. The number of benzene rings is 2. The fourth-order valence-electron chi connectivity index (χ4n) is 2.74. The summed E-state index contributed by atoms with van der Waals surface area (Å²) in [7, 11) is 1.46. The molecular formula is C22H21NO5S. The number of aryl methyl sites for hydroxylation is 1. The molecule has 6 nitrogen and oxygen atoms in total. The van der Waals surface area contributed by atoms with E-state index < -0.39 is 5.97 Å². The van der Waals surface area contributed by atoms with Gasteiger partial charge in [-0.2, -0.15) is 0 Å². The van der Waals surface area contributed by atoms with Crippen LogP contribution in [0.5, 0.6) is 11.5 Å². The Balaban J connectivity index is 2.05. The molecule has 2 aromatic rings. The van der Waals surface area contributed by atoms with Crippen molar-refractivity contribution in [3.8, 4) is 11.5 Å². The first-order chi connectivity index (χ1) is 13.9. The number of thioether (sulfide) groups is 1. The second-order valence-corrected chi connectivity index (χ2v) is 7.27. The van der Waals surface area contributed by atoms with Crippen LogP contribution >= 0.6 is 11.8 Å². The van der Waals surface area contributed by atoms with E-state index in [4.69, 9.17) is 9.47 Å². The Labute approximate surface area is 173 Å². The van der Waals surface area contributed by atoms with E-state index in [2.05, 4.69) is 4.99 Å². The van der Waals surface area contributed by atoms with Crippen molar-refractivity contribution in [3.05, 3.63) is 69.8 Å². The van der Waals surface area contributed by atoms with Crippen molar-refractivity contribution < 1.29 is 24.5 Å². The van der Waals surface area contributed by atoms with Gasteiger partial charge >= 0.3 is 5.97 Å². The number of ether oxygens (including phenoxy) is 2. The summed E-state index contributed by atoms with van der Waals surface area (Å²) in [4.78, 5) is 17.5. The van der Waals surface area contributed by atoms with Crippen molar-refractivity contribution >= 4 is 34.5 Å². The first-order valence-electron chi connectivity index (χ1n) is 8.96. The van der Waals surface area contributed by atoms with Gasteiger partial charge in [0.25, 0.3) is 0 Å². The van der Waals surface area contributed by atoms with Gasteiger partial charge in [-0.1, -0.05) is 30.0 Å². The van der Waals surface area contributed by atoms with Crippen LogP contribution in [0, 0.1) is 6.92 Å². The van der Waals surface area contributed by atoms with Crippen LogP contribution in [0.1, 0.15) is 18.1 Å². The number of methoxy groups -OCH3 is 1. The molecule has 0 fully saturated rings. The van der Waals surface area contributed by atoms with E-state index in [-0.39, 0.29) is 23.7 Å². The van der Waals surface area contributed by atoms with Crippen LogP contribution in [0.3, 0.4) is 0 Å². The van der Waals surface area contributed by atoms with Crippen molar-refractivity contribution in [2.45, 2.75) is 13.8 Å². The molecule has 0 amide bonds. The quantitative estimate of drug-likeness (QED) is 0.680. The number of aliphatic hydroxyl groups is 1. The van der Waals surface area contributed by atoms with Gasteiger partial charge < -0.3 is 19.7 Å². The standard InChI is InChI=1S/C22H21NO5S/c1-4-28-22(26)19-20(25)18(12-14-8-9-16(24)17(11-14)27-3)29-21(19)23-15-7-5-6-13(2)10-15/h5-12,24-25H,4H2,1-3H3. The monoisotopic (exact) mass is 411 g/mol. The zero-order valence-corrected chi connectivity index (χ0v) is 17.1. The average molecular weight is 411 g/mol. The number of phenols is 1. The number of rotatable bonds is 5. The number of esters is 1. The molecule has 2 N–H and O–H groups in total. The predicted molar refractivity (Wildman–Crippen MR) is 115 cm³/mol. The van der Waals surface area contributed by atoms with Gasteiger partial charge in [0.05, 0.1) is 24.3 Å². The van der Waals surface area contributed by atoms with E-state index in [0.717, 1.165) is 5.56 Å². The van der Waals surface area contributed by atoms with Gasteiger partial charge in [0.1, 0.15) is 16.4 Å². The van der Waals surface area contributed by atoms with Crippen LogP contribution in [0.2, 0.25) is 0 Å². The lowest BCUT2D eigenvalue weighted by Gasteiger charge is -2.04. The summed E-state index contributed by atoms with van der Waals surface area (Å²) in [5.74, 6) is -0.491. The highest BCUT2D eigenvalue weighted by molar-refractivity contribution is 8.18. The number of aliphatic hydroxyl groups excluding tert-OH is 1. The Morgan fingerprint density at radius 1 is 1.21 bits per heavy atom. The van der Waals surface area contributed by atoms with Crippen LogP contribution in [0.4, 0.5) is 5.69 Å². The maximum absolute atomic E-state index is 12.5. The third-order valence-corrected chi connectivity index (χ3v) is 5.12. The van der Waals surface area contributed by atoms with Crippen LogP contribution in [-0.2, 0) is 9.53 Å². The molecule has 1 aliphatic heterocycles. The lowest BCUT2D eigenvalue weighted by Crippen LogP contribution is -2.12. The first-order valence-corrected chi connectivity index (χ1v) is 9.77. The Kier molecular flexibility index (Phi) is 6.29. The summed E-state index contributed by atoms with van der Waals surface area (Å²) >= 11 is 1.18. The summed E-state index contributed by atoms with van der Waals surface area (Å²) < 4.78 is 10.2. The van der Waals surface area contributed by atoms with Crippen molar-refractivity contribution in [2.75, 3.05) is 13.7 Å². The molecule has 0 saturated heterocycles. The van der Waals surface area contributed by atoms with Gasteiger partial charge in [-0.25, -0.2) is 9.79 Å². The molecule has 0 spiro atoms. The third kappa shape index (κ3) is 4.63. The second kappa shape index (κ2) is 8.87. The fourth-order valence-corrected chi connectivity index (χ4v) is 3.78. The van der Waals surface area contributed by atoms with Crippen LogP contribution in [0.15, 0.2) is 63.7 Å². The number of aliphatic imine (C=N–C) groups is 1. The minimum atomic E-state index is -0.629. The van der Waals surface area contributed by atoms with Gasteiger partial charge in [0, 0.05) is 0 Å². The molecule has 7 heteroatoms. The molecule has 150 valence electrons. The highest BCUT2D eigenvalue weighted by Gasteiger charge is 2.33. The van der Waals surface area contributed by atoms with E-state index in [0.29, 0.717) is 26.9 Å². The summed E-state index contributed by atoms with van der Waals surface area (Å²) in [6.07, 6.45) is 1.69. The molecule has 0 bridgehead atoms. The minimum absolute atomic E-state index is 0.0161. The minimum Gasteiger partial charge on any atom is -0.506 e. The van der Waals surface area contributed by atoms with Gasteiger partial charge in [0.15, 0.2) is 11.5 Å². The molecule has 0 aromatic heterocycles. The lowest BCUT2D eigenvalue weighted by molar-refractivity contribution is -0.138. The Hall–Kier alpha value is -3.19. The van der Waals surface area contributed by atoms with Crippen LogP contribution in [0.25, 0.3) is 6.08 Å². The van der Waals surface area contributed by atoms with E-state index in [1.54, 1.807) is 25.1 Å². The highest BCUT2D eigenvalue weighted by Crippen LogP contribution is 2.41. The molecule has 0 unspecified atom stereocenters. The van der Waals surface area contributed by atoms with Gasteiger partial charge in [-0.15, -0.1) is 0 Å². The summed E-state index contributed by atoms with van der Waals surface area (Å²) in [5.41, 5.74) is 2.44.